The van der Waals surface area contributed by atoms with Gasteiger partial charge in [-0.2, -0.15) is 0 Å². The molecule has 0 bridgehead atoms. The summed E-state index contributed by atoms with van der Waals surface area (Å²) in [5.41, 5.74) is 8.08. The third kappa shape index (κ3) is 2.30. The van der Waals surface area contributed by atoms with Gasteiger partial charge in [-0.3, -0.25) is 0 Å². The maximum absolute atomic E-state index is 3.21. The van der Waals surface area contributed by atoms with Crippen LogP contribution in [0.5, 0.6) is 0 Å². The van der Waals surface area contributed by atoms with Crippen LogP contribution < -0.4 is 10.2 Å². The highest BCUT2D eigenvalue weighted by Gasteiger charge is 2.19. The lowest BCUT2D eigenvalue weighted by molar-refractivity contribution is 0.878. The molecule has 19 heavy (non-hydrogen) atoms. The molecule has 98 valence electrons. The fourth-order valence-corrected chi connectivity index (χ4v) is 2.87. The van der Waals surface area contributed by atoms with Crippen molar-refractivity contribution in [2.45, 2.75) is 26.9 Å². The Morgan fingerprint density at radius 2 is 1.58 bits per heavy atom. The van der Waals surface area contributed by atoms with E-state index < -0.39 is 0 Å². The van der Waals surface area contributed by atoms with E-state index in [2.05, 4.69) is 60.5 Å². The Morgan fingerprint density at radius 3 is 2.26 bits per heavy atom. The standard InChI is InChI=1S/C17H20N2/c1-12-6-13(2)8-17(7-12)19-10-14-4-5-16(18-3)9-15(14)11-19/h4-9,18H,10-11H2,1-3H3. The van der Waals surface area contributed by atoms with Crippen molar-refractivity contribution in [2.75, 3.05) is 17.3 Å². The average molecular weight is 252 g/mol. The van der Waals surface area contributed by atoms with Crippen LogP contribution in [0.25, 0.3) is 0 Å². The van der Waals surface area contributed by atoms with Crippen LogP contribution in [-0.2, 0) is 13.1 Å². The lowest BCUT2D eigenvalue weighted by Crippen LogP contribution is -2.14. The van der Waals surface area contributed by atoms with Crippen LogP contribution in [0.4, 0.5) is 11.4 Å². The molecule has 0 aromatic heterocycles. The monoisotopic (exact) mass is 252 g/mol. The minimum absolute atomic E-state index is 1.01. The normalized spacial score (nSPS) is 13.5. The van der Waals surface area contributed by atoms with E-state index in [0.717, 1.165) is 13.1 Å². The minimum Gasteiger partial charge on any atom is -0.388 e. The Hall–Kier alpha value is -1.96. The maximum atomic E-state index is 3.21. The predicted molar refractivity (Wildman–Crippen MR) is 81.8 cm³/mol. The van der Waals surface area contributed by atoms with Gasteiger partial charge in [0.15, 0.2) is 0 Å². The van der Waals surface area contributed by atoms with E-state index in [4.69, 9.17) is 0 Å². The summed E-state index contributed by atoms with van der Waals surface area (Å²) >= 11 is 0. The van der Waals surface area contributed by atoms with Gasteiger partial charge in [-0.15, -0.1) is 0 Å². The van der Waals surface area contributed by atoms with Crippen molar-refractivity contribution in [1.29, 1.82) is 0 Å². The summed E-state index contributed by atoms with van der Waals surface area (Å²) in [5, 5.41) is 3.21. The van der Waals surface area contributed by atoms with Gasteiger partial charge >= 0.3 is 0 Å². The number of anilines is 2. The zero-order chi connectivity index (χ0) is 13.4. The average Bonchev–Trinajstić information content (AvgIpc) is 2.80. The highest BCUT2D eigenvalue weighted by atomic mass is 15.1. The lowest BCUT2D eigenvalue weighted by atomic mass is 10.1. The first-order chi connectivity index (χ1) is 9.15. The summed E-state index contributed by atoms with van der Waals surface area (Å²) in [5.74, 6) is 0. The number of nitrogens with zero attached hydrogens (tertiary/aromatic N) is 1. The number of aryl methyl sites for hydroxylation is 2. The van der Waals surface area contributed by atoms with Crippen molar-refractivity contribution in [3.63, 3.8) is 0 Å². The van der Waals surface area contributed by atoms with Crippen LogP contribution >= 0.6 is 0 Å². The summed E-state index contributed by atoms with van der Waals surface area (Å²) in [7, 11) is 1.97. The molecule has 1 aliphatic rings. The second-order valence-electron chi connectivity index (χ2n) is 5.44. The first kappa shape index (κ1) is 12.1. The molecule has 0 spiro atoms. The molecule has 0 aliphatic carbocycles. The Bertz CT molecular complexity index is 596. The second kappa shape index (κ2) is 4.61. The molecule has 2 heteroatoms. The fourth-order valence-electron chi connectivity index (χ4n) is 2.87. The summed E-state index contributed by atoms with van der Waals surface area (Å²) in [6, 6.07) is 13.4. The molecule has 1 aliphatic heterocycles. The van der Waals surface area contributed by atoms with E-state index >= 15 is 0 Å². The van der Waals surface area contributed by atoms with Crippen molar-refractivity contribution >= 4 is 11.4 Å². The third-order valence-electron chi connectivity index (χ3n) is 3.79. The van der Waals surface area contributed by atoms with Crippen LogP contribution in [0.2, 0.25) is 0 Å². The van der Waals surface area contributed by atoms with E-state index in [1.165, 1.54) is 33.6 Å². The highest BCUT2D eigenvalue weighted by Crippen LogP contribution is 2.30. The summed E-state index contributed by atoms with van der Waals surface area (Å²) < 4.78 is 0. The van der Waals surface area contributed by atoms with Crippen LogP contribution in [0.3, 0.4) is 0 Å². The van der Waals surface area contributed by atoms with Crippen molar-refractivity contribution in [3.05, 3.63) is 58.7 Å². The topological polar surface area (TPSA) is 15.3 Å². The van der Waals surface area contributed by atoms with Crippen LogP contribution in [-0.4, -0.2) is 7.05 Å². The maximum Gasteiger partial charge on any atom is 0.0437 e. The first-order valence-corrected chi connectivity index (χ1v) is 6.78. The van der Waals surface area contributed by atoms with Gasteiger partial charge in [0.2, 0.25) is 0 Å². The van der Waals surface area contributed by atoms with Gasteiger partial charge in [-0.05, 0) is 60.4 Å². The Morgan fingerprint density at radius 1 is 0.895 bits per heavy atom. The first-order valence-electron chi connectivity index (χ1n) is 6.78. The molecule has 0 unspecified atom stereocenters. The van der Waals surface area contributed by atoms with Crippen molar-refractivity contribution in [2.24, 2.45) is 0 Å². The number of rotatable bonds is 2. The van der Waals surface area contributed by atoms with E-state index in [9.17, 15) is 0 Å². The van der Waals surface area contributed by atoms with Gasteiger partial charge in [-0.25, -0.2) is 0 Å². The minimum atomic E-state index is 1.01. The Kier molecular flexibility index (Phi) is 2.94. The van der Waals surface area contributed by atoms with E-state index in [1.54, 1.807) is 0 Å². The van der Waals surface area contributed by atoms with E-state index in [0.29, 0.717) is 0 Å². The lowest BCUT2D eigenvalue weighted by Gasteiger charge is -2.19. The largest absolute Gasteiger partial charge is 0.388 e. The molecule has 0 saturated carbocycles. The molecule has 0 fully saturated rings. The smallest absolute Gasteiger partial charge is 0.0437 e. The molecule has 1 heterocycles. The quantitative estimate of drug-likeness (QED) is 0.873. The predicted octanol–water partition coefficient (Wildman–Crippen LogP) is 3.87. The van der Waals surface area contributed by atoms with Crippen molar-refractivity contribution in [3.8, 4) is 0 Å². The van der Waals surface area contributed by atoms with Gasteiger partial charge in [0, 0.05) is 31.5 Å². The molecule has 3 rings (SSSR count). The number of fused-ring (bicyclic) bond motifs is 1. The van der Waals surface area contributed by atoms with Crippen LogP contribution in [0.1, 0.15) is 22.3 Å². The van der Waals surface area contributed by atoms with Crippen LogP contribution in [0.15, 0.2) is 36.4 Å². The number of nitrogens with one attached hydrogen (secondary N) is 1. The Labute approximate surface area is 115 Å². The molecule has 0 saturated heterocycles. The zero-order valence-corrected chi connectivity index (χ0v) is 11.8. The van der Waals surface area contributed by atoms with Crippen molar-refractivity contribution < 1.29 is 0 Å². The van der Waals surface area contributed by atoms with Crippen molar-refractivity contribution in [1.82, 2.24) is 0 Å². The van der Waals surface area contributed by atoms with Gasteiger partial charge < -0.3 is 10.2 Å². The SMILES string of the molecule is CNc1ccc2c(c1)CN(c1cc(C)cc(C)c1)C2. The van der Waals surface area contributed by atoms with Gasteiger partial charge in [0.1, 0.15) is 0 Å². The number of hydrogen-bond acceptors (Lipinski definition) is 2. The van der Waals surface area contributed by atoms with E-state index in [-0.39, 0.29) is 0 Å². The van der Waals surface area contributed by atoms with Gasteiger partial charge in [0.25, 0.3) is 0 Å². The Balaban J connectivity index is 1.90. The van der Waals surface area contributed by atoms with Crippen LogP contribution in [0, 0.1) is 13.8 Å². The number of benzene rings is 2. The molecule has 0 amide bonds. The highest BCUT2D eigenvalue weighted by molar-refractivity contribution is 5.57. The fraction of sp³-hybridized carbons (Fsp3) is 0.294. The summed E-state index contributed by atoms with van der Waals surface area (Å²) in [6.45, 7) is 6.35. The molecule has 0 radical (unpaired) electrons. The second-order valence-corrected chi connectivity index (χ2v) is 5.44. The summed E-state index contributed by atoms with van der Waals surface area (Å²) in [4.78, 5) is 2.45. The molecule has 1 N–H and O–H groups in total. The zero-order valence-electron chi connectivity index (χ0n) is 11.8. The molecule has 0 atom stereocenters. The summed E-state index contributed by atoms with van der Waals surface area (Å²) in [6.07, 6.45) is 0. The molecule has 2 aromatic rings. The number of hydrogen-bond donors (Lipinski definition) is 1. The molecule has 2 aromatic carbocycles. The molecular formula is C17H20N2. The molecular weight excluding hydrogens is 232 g/mol. The van der Waals surface area contributed by atoms with E-state index in [1.807, 2.05) is 7.05 Å². The van der Waals surface area contributed by atoms with Gasteiger partial charge in [-0.1, -0.05) is 12.1 Å². The molecule has 2 nitrogen and oxygen atoms in total. The van der Waals surface area contributed by atoms with Gasteiger partial charge in [0.05, 0.1) is 0 Å². The third-order valence-corrected chi connectivity index (χ3v) is 3.79.